The van der Waals surface area contributed by atoms with Crippen LogP contribution in [0.2, 0.25) is 0 Å². The van der Waals surface area contributed by atoms with Gasteiger partial charge in [0.15, 0.2) is 0 Å². The second-order valence-corrected chi connectivity index (χ2v) is 4.39. The molecule has 1 unspecified atom stereocenters. The lowest BCUT2D eigenvalue weighted by atomic mass is 9.81. The minimum absolute atomic E-state index is 0.128. The Balaban J connectivity index is 2.44. The molecule has 2 rings (SSSR count). The molecule has 0 heterocycles. The molecule has 3 heteroatoms. The molecular formula is C14H14O3. The summed E-state index contributed by atoms with van der Waals surface area (Å²) in [5.41, 5.74) is 0.764. The molecule has 0 aromatic heterocycles. The molecule has 88 valence electrons. The number of rotatable bonds is 2. The smallest absolute Gasteiger partial charge is 0.331 e. The van der Waals surface area contributed by atoms with Crippen LogP contribution in [0.15, 0.2) is 48.1 Å². The van der Waals surface area contributed by atoms with Crippen LogP contribution in [0, 0.1) is 0 Å². The van der Waals surface area contributed by atoms with Crippen molar-refractivity contribution in [1.82, 2.24) is 0 Å². The van der Waals surface area contributed by atoms with Crippen molar-refractivity contribution in [1.29, 1.82) is 0 Å². The van der Waals surface area contributed by atoms with Crippen molar-refractivity contribution in [2.24, 2.45) is 0 Å². The molecule has 0 saturated heterocycles. The second kappa shape index (κ2) is 4.18. The number of carboxylic acids is 1. The highest BCUT2D eigenvalue weighted by Crippen LogP contribution is 2.35. The van der Waals surface area contributed by atoms with Gasteiger partial charge in [-0.1, -0.05) is 42.5 Å². The van der Waals surface area contributed by atoms with Crippen LogP contribution >= 0.6 is 0 Å². The molecule has 1 aliphatic rings. The first-order chi connectivity index (χ1) is 8.00. The first-order valence-electron chi connectivity index (χ1n) is 5.43. The summed E-state index contributed by atoms with van der Waals surface area (Å²) in [4.78, 5) is 10.9. The van der Waals surface area contributed by atoms with Crippen molar-refractivity contribution < 1.29 is 15.0 Å². The van der Waals surface area contributed by atoms with Crippen molar-refractivity contribution in [2.45, 2.75) is 18.9 Å². The van der Waals surface area contributed by atoms with Crippen LogP contribution in [0.4, 0.5) is 0 Å². The molecule has 2 N–H and O–H groups in total. The largest absolute Gasteiger partial charge is 0.478 e. The summed E-state index contributed by atoms with van der Waals surface area (Å²) in [5, 5.41) is 19.3. The van der Waals surface area contributed by atoms with Crippen molar-refractivity contribution in [3.63, 3.8) is 0 Å². The first-order valence-corrected chi connectivity index (χ1v) is 5.43. The van der Waals surface area contributed by atoms with E-state index in [1.807, 2.05) is 30.3 Å². The van der Waals surface area contributed by atoms with E-state index >= 15 is 0 Å². The fraction of sp³-hybridized carbons (Fsp3) is 0.214. The van der Waals surface area contributed by atoms with Gasteiger partial charge in [0.25, 0.3) is 0 Å². The standard InChI is InChI=1S/C14H14O3/c1-14(17)9-11(13(15)16)7-8-12(14)10-5-3-2-4-6-10/h2-8,17H,9H2,1H3,(H,15,16). The van der Waals surface area contributed by atoms with Crippen LogP contribution < -0.4 is 0 Å². The summed E-state index contributed by atoms with van der Waals surface area (Å²) in [6.07, 6.45) is 3.37. The average Bonchev–Trinajstić information content (AvgIpc) is 2.28. The van der Waals surface area contributed by atoms with Crippen molar-refractivity contribution >= 4 is 11.5 Å². The summed E-state index contributed by atoms with van der Waals surface area (Å²) in [6.45, 7) is 1.64. The highest BCUT2D eigenvalue weighted by Gasteiger charge is 2.32. The third-order valence-electron chi connectivity index (χ3n) is 2.93. The van der Waals surface area contributed by atoms with E-state index in [0.29, 0.717) is 0 Å². The number of hydrogen-bond donors (Lipinski definition) is 2. The van der Waals surface area contributed by atoms with Crippen molar-refractivity contribution in [3.05, 3.63) is 53.6 Å². The number of carboxylic acid groups (broad SMARTS) is 1. The highest BCUT2D eigenvalue weighted by molar-refractivity contribution is 5.90. The highest BCUT2D eigenvalue weighted by atomic mass is 16.4. The van der Waals surface area contributed by atoms with E-state index in [4.69, 9.17) is 5.11 Å². The molecule has 17 heavy (non-hydrogen) atoms. The van der Waals surface area contributed by atoms with Crippen LogP contribution in [-0.2, 0) is 4.79 Å². The molecule has 3 nitrogen and oxygen atoms in total. The SMILES string of the molecule is CC1(O)CC(C(=O)O)=CC=C1c1ccccc1. The number of benzene rings is 1. The Hall–Kier alpha value is -1.87. The Morgan fingerprint density at radius 3 is 2.41 bits per heavy atom. The molecule has 1 atom stereocenters. The Bertz CT molecular complexity index is 495. The zero-order valence-electron chi connectivity index (χ0n) is 9.55. The first kappa shape index (κ1) is 11.6. The van der Waals surface area contributed by atoms with Crippen LogP contribution in [0.5, 0.6) is 0 Å². The van der Waals surface area contributed by atoms with Gasteiger partial charge in [0.05, 0.1) is 5.60 Å². The molecule has 1 aromatic rings. The van der Waals surface area contributed by atoms with Crippen LogP contribution in [0.1, 0.15) is 18.9 Å². The number of aliphatic carboxylic acids is 1. The van der Waals surface area contributed by atoms with E-state index in [1.54, 1.807) is 19.1 Å². The molecule has 0 bridgehead atoms. The van der Waals surface area contributed by atoms with Gasteiger partial charge in [0.1, 0.15) is 0 Å². The monoisotopic (exact) mass is 230 g/mol. The van der Waals surface area contributed by atoms with Gasteiger partial charge in [0.2, 0.25) is 0 Å². The predicted octanol–water partition coefficient (Wildman–Crippen LogP) is 2.24. The maximum Gasteiger partial charge on any atom is 0.331 e. The van der Waals surface area contributed by atoms with Gasteiger partial charge in [-0.25, -0.2) is 4.79 Å². The lowest BCUT2D eigenvalue weighted by Crippen LogP contribution is -2.30. The van der Waals surface area contributed by atoms with Crippen LogP contribution in [0.25, 0.3) is 5.57 Å². The zero-order chi connectivity index (χ0) is 12.5. The van der Waals surface area contributed by atoms with Crippen LogP contribution in [0.3, 0.4) is 0 Å². The Labute approximate surface area is 99.7 Å². The van der Waals surface area contributed by atoms with E-state index in [2.05, 4.69) is 0 Å². The molecule has 1 aliphatic carbocycles. The number of hydrogen-bond acceptors (Lipinski definition) is 2. The topological polar surface area (TPSA) is 57.5 Å². The maximum atomic E-state index is 10.9. The van der Waals surface area contributed by atoms with Gasteiger partial charge in [-0.15, -0.1) is 0 Å². The van der Waals surface area contributed by atoms with E-state index in [1.165, 1.54) is 0 Å². The van der Waals surface area contributed by atoms with Gasteiger partial charge >= 0.3 is 5.97 Å². The van der Waals surface area contributed by atoms with E-state index < -0.39 is 11.6 Å². The second-order valence-electron chi connectivity index (χ2n) is 4.39. The molecule has 0 saturated carbocycles. The predicted molar refractivity (Wildman–Crippen MR) is 65.4 cm³/mol. The minimum Gasteiger partial charge on any atom is -0.478 e. The van der Waals surface area contributed by atoms with Gasteiger partial charge < -0.3 is 10.2 Å². The summed E-state index contributed by atoms with van der Waals surface area (Å²) in [6, 6.07) is 9.49. The Morgan fingerprint density at radius 2 is 1.88 bits per heavy atom. The van der Waals surface area contributed by atoms with E-state index in [-0.39, 0.29) is 12.0 Å². The van der Waals surface area contributed by atoms with E-state index in [0.717, 1.165) is 11.1 Å². The lowest BCUT2D eigenvalue weighted by molar-refractivity contribution is -0.133. The fourth-order valence-electron chi connectivity index (χ4n) is 2.06. The maximum absolute atomic E-state index is 10.9. The molecule has 1 aromatic carbocycles. The molecular weight excluding hydrogens is 216 g/mol. The lowest BCUT2D eigenvalue weighted by Gasteiger charge is -2.29. The normalized spacial score (nSPS) is 23.9. The third kappa shape index (κ3) is 2.29. The van der Waals surface area contributed by atoms with E-state index in [9.17, 15) is 9.90 Å². The molecule has 0 radical (unpaired) electrons. The summed E-state index contributed by atoms with van der Waals surface area (Å²) in [7, 11) is 0. The molecule has 0 amide bonds. The minimum atomic E-state index is -1.14. The van der Waals surface area contributed by atoms with Gasteiger partial charge in [-0.05, 0) is 18.1 Å². The van der Waals surface area contributed by atoms with Gasteiger partial charge in [-0.2, -0.15) is 0 Å². The fourth-order valence-corrected chi connectivity index (χ4v) is 2.06. The van der Waals surface area contributed by atoms with Crippen molar-refractivity contribution in [2.75, 3.05) is 0 Å². The molecule has 0 aliphatic heterocycles. The molecule has 0 spiro atoms. The number of carbonyl (C=O) groups is 1. The average molecular weight is 230 g/mol. The number of allylic oxidation sites excluding steroid dienone is 2. The Morgan fingerprint density at radius 1 is 1.24 bits per heavy atom. The van der Waals surface area contributed by atoms with Gasteiger partial charge in [0, 0.05) is 12.0 Å². The summed E-state index contributed by atoms with van der Waals surface area (Å²) < 4.78 is 0. The summed E-state index contributed by atoms with van der Waals surface area (Å²) >= 11 is 0. The van der Waals surface area contributed by atoms with Gasteiger partial charge in [-0.3, -0.25) is 0 Å². The summed E-state index contributed by atoms with van der Waals surface area (Å²) in [5.74, 6) is -0.978. The zero-order valence-corrected chi connectivity index (χ0v) is 9.55. The van der Waals surface area contributed by atoms with Crippen LogP contribution in [-0.4, -0.2) is 21.8 Å². The Kier molecular flexibility index (Phi) is 2.86. The quantitative estimate of drug-likeness (QED) is 0.819. The van der Waals surface area contributed by atoms with Crippen molar-refractivity contribution in [3.8, 4) is 0 Å². The number of aliphatic hydroxyl groups is 1. The third-order valence-corrected chi connectivity index (χ3v) is 2.93. The molecule has 0 fully saturated rings.